The van der Waals surface area contributed by atoms with E-state index in [1.54, 1.807) is 18.7 Å². The number of aryl methyl sites for hydroxylation is 1. The number of halogens is 1. The summed E-state index contributed by atoms with van der Waals surface area (Å²) < 4.78 is 8.58. The van der Waals surface area contributed by atoms with E-state index in [1.165, 1.54) is 0 Å². The number of anilines is 2. The lowest BCUT2D eigenvalue weighted by molar-refractivity contribution is 0.152. The van der Waals surface area contributed by atoms with Gasteiger partial charge in [0.1, 0.15) is 6.73 Å². The molecule has 2 aromatic heterocycles. The molecule has 0 N–H and O–H groups in total. The molecule has 6 nitrogen and oxygen atoms in total. The number of aromatic nitrogens is 4. The Labute approximate surface area is 140 Å². The van der Waals surface area contributed by atoms with Crippen molar-refractivity contribution in [3.8, 4) is 0 Å². The topological polar surface area (TPSA) is 56.1 Å². The summed E-state index contributed by atoms with van der Waals surface area (Å²) in [6.45, 7) is 8.15. The van der Waals surface area contributed by atoms with E-state index < -0.39 is 8.07 Å². The van der Waals surface area contributed by atoms with E-state index >= 15 is 0 Å². The maximum Gasteiger partial charge on any atom is 0.233 e. The van der Waals surface area contributed by atoms with Crippen molar-refractivity contribution in [2.24, 2.45) is 7.05 Å². The maximum atomic E-state index is 5.84. The van der Waals surface area contributed by atoms with Crippen LogP contribution in [0.3, 0.4) is 0 Å². The second-order valence-electron chi connectivity index (χ2n) is 6.37. The molecule has 0 aliphatic rings. The summed E-state index contributed by atoms with van der Waals surface area (Å²) in [5.74, 6) is 1.35. The quantitative estimate of drug-likeness (QED) is 0.416. The molecule has 2 heterocycles. The molecule has 0 atom stereocenters. The number of rotatable bonds is 7. The normalized spacial score (nSPS) is 11.7. The molecule has 0 unspecified atom stereocenters. The summed E-state index contributed by atoms with van der Waals surface area (Å²) in [6.07, 6.45) is 7.12. The molecule has 0 fully saturated rings. The summed E-state index contributed by atoms with van der Waals surface area (Å²) in [4.78, 5) is 14.9. The van der Waals surface area contributed by atoms with E-state index in [1.807, 2.05) is 22.7 Å². The highest BCUT2D eigenvalue weighted by Crippen LogP contribution is 2.20. The third-order valence-electron chi connectivity index (χ3n) is 3.03. The SMILES string of the molecule is Cn1cnc(N(COCC[Si](C)(C)C)c2ncc(Br)cn2)c1. The number of hydrogen-bond acceptors (Lipinski definition) is 5. The minimum atomic E-state index is -1.09. The highest BCUT2D eigenvalue weighted by atomic mass is 79.9. The average molecular weight is 384 g/mol. The van der Waals surface area contributed by atoms with Gasteiger partial charge in [0.25, 0.3) is 0 Å². The van der Waals surface area contributed by atoms with E-state index in [4.69, 9.17) is 4.74 Å². The highest BCUT2D eigenvalue weighted by Gasteiger charge is 2.16. The Morgan fingerprint density at radius 3 is 2.45 bits per heavy atom. The zero-order valence-electron chi connectivity index (χ0n) is 13.5. The minimum absolute atomic E-state index is 0.392. The van der Waals surface area contributed by atoms with Crippen LogP contribution >= 0.6 is 15.9 Å². The van der Waals surface area contributed by atoms with Crippen LogP contribution in [0, 0.1) is 0 Å². The summed E-state index contributed by atoms with van der Waals surface area (Å²) in [5.41, 5.74) is 0. The molecule has 0 aliphatic carbocycles. The molecule has 0 spiro atoms. The van der Waals surface area contributed by atoms with Gasteiger partial charge in [-0.05, 0) is 22.0 Å². The molecule has 0 saturated carbocycles. The van der Waals surface area contributed by atoms with Crippen molar-refractivity contribution in [1.82, 2.24) is 19.5 Å². The Morgan fingerprint density at radius 2 is 1.91 bits per heavy atom. The first-order chi connectivity index (χ1) is 10.3. The number of hydrogen-bond donors (Lipinski definition) is 0. The van der Waals surface area contributed by atoms with Gasteiger partial charge >= 0.3 is 0 Å². The van der Waals surface area contributed by atoms with Gasteiger partial charge in [-0.25, -0.2) is 15.0 Å². The smallest absolute Gasteiger partial charge is 0.233 e. The molecule has 2 rings (SSSR count). The fourth-order valence-electron chi connectivity index (χ4n) is 1.74. The molecule has 0 bridgehead atoms. The van der Waals surface area contributed by atoms with E-state index in [2.05, 4.69) is 50.5 Å². The van der Waals surface area contributed by atoms with Crippen LogP contribution in [0.4, 0.5) is 11.8 Å². The van der Waals surface area contributed by atoms with Crippen molar-refractivity contribution in [1.29, 1.82) is 0 Å². The molecule has 2 aromatic rings. The second-order valence-corrected chi connectivity index (χ2v) is 12.9. The van der Waals surface area contributed by atoms with Crippen molar-refractivity contribution < 1.29 is 4.74 Å². The lowest BCUT2D eigenvalue weighted by Gasteiger charge is -2.21. The molecule has 0 radical (unpaired) electrons. The average Bonchev–Trinajstić information content (AvgIpc) is 2.85. The first-order valence-corrected chi connectivity index (χ1v) is 11.7. The Balaban J connectivity index is 2.07. The van der Waals surface area contributed by atoms with Crippen LogP contribution in [0.2, 0.25) is 25.7 Å². The van der Waals surface area contributed by atoms with E-state index in [9.17, 15) is 0 Å². The maximum absolute atomic E-state index is 5.84. The number of imidazole rings is 1. The monoisotopic (exact) mass is 383 g/mol. The Morgan fingerprint density at radius 1 is 1.23 bits per heavy atom. The van der Waals surface area contributed by atoms with Crippen molar-refractivity contribution >= 4 is 35.8 Å². The van der Waals surface area contributed by atoms with Crippen LogP contribution in [0.1, 0.15) is 0 Å². The second kappa shape index (κ2) is 7.34. The molecule has 0 amide bonds. The Hall–Kier alpha value is -1.25. The van der Waals surface area contributed by atoms with Gasteiger partial charge < -0.3 is 9.30 Å². The highest BCUT2D eigenvalue weighted by molar-refractivity contribution is 9.10. The molecule has 22 heavy (non-hydrogen) atoms. The van der Waals surface area contributed by atoms with E-state index in [0.29, 0.717) is 12.7 Å². The molecular formula is C14H22BrN5OSi. The fourth-order valence-corrected chi connectivity index (χ4v) is 2.71. The van der Waals surface area contributed by atoms with Gasteiger partial charge in [0.15, 0.2) is 5.82 Å². The van der Waals surface area contributed by atoms with Crippen LogP contribution in [-0.2, 0) is 11.8 Å². The number of nitrogens with zero attached hydrogens (tertiary/aromatic N) is 5. The lowest BCUT2D eigenvalue weighted by Crippen LogP contribution is -2.26. The third kappa shape index (κ3) is 5.18. The predicted octanol–water partition coefficient (Wildman–Crippen LogP) is 3.42. The molecule has 0 saturated heterocycles. The van der Waals surface area contributed by atoms with Crippen LogP contribution in [-0.4, -0.2) is 40.9 Å². The molecule has 120 valence electrons. The largest absolute Gasteiger partial charge is 0.361 e. The van der Waals surface area contributed by atoms with Gasteiger partial charge in [-0.15, -0.1) is 0 Å². The van der Waals surface area contributed by atoms with Gasteiger partial charge in [0.05, 0.1) is 10.8 Å². The summed E-state index contributed by atoms with van der Waals surface area (Å²) in [6, 6.07) is 1.13. The van der Waals surface area contributed by atoms with Gasteiger partial charge in [-0.3, -0.25) is 4.90 Å². The first kappa shape index (κ1) is 17.1. The molecule has 0 aliphatic heterocycles. The van der Waals surface area contributed by atoms with Crippen molar-refractivity contribution in [3.63, 3.8) is 0 Å². The Kier molecular flexibility index (Phi) is 5.71. The molecular weight excluding hydrogens is 362 g/mol. The van der Waals surface area contributed by atoms with Crippen LogP contribution < -0.4 is 4.90 Å². The zero-order valence-corrected chi connectivity index (χ0v) is 16.0. The predicted molar refractivity (Wildman–Crippen MR) is 94.1 cm³/mol. The van der Waals surface area contributed by atoms with Crippen molar-refractivity contribution in [2.45, 2.75) is 25.7 Å². The van der Waals surface area contributed by atoms with Crippen LogP contribution in [0.25, 0.3) is 0 Å². The van der Waals surface area contributed by atoms with Gasteiger partial charge in [-0.1, -0.05) is 19.6 Å². The summed E-state index contributed by atoms with van der Waals surface area (Å²) in [7, 11) is 0.842. The Bertz CT molecular complexity index is 596. The molecule has 8 heteroatoms. The third-order valence-corrected chi connectivity index (χ3v) is 5.15. The van der Waals surface area contributed by atoms with Crippen LogP contribution in [0.5, 0.6) is 0 Å². The zero-order chi connectivity index (χ0) is 16.2. The summed E-state index contributed by atoms with van der Waals surface area (Å²) in [5, 5.41) is 0. The lowest BCUT2D eigenvalue weighted by atomic mass is 10.6. The van der Waals surface area contributed by atoms with Crippen LogP contribution in [0.15, 0.2) is 29.4 Å². The van der Waals surface area contributed by atoms with Gasteiger partial charge in [-0.2, -0.15) is 0 Å². The standard InChI is InChI=1S/C14H22BrN5OSi/c1-19-9-13(18-10-19)20(11-21-5-6-22(2,3)4)14-16-7-12(15)8-17-14/h7-10H,5-6,11H2,1-4H3. The van der Waals surface area contributed by atoms with Gasteiger partial charge in [0, 0.05) is 40.3 Å². The summed E-state index contributed by atoms with van der Waals surface area (Å²) >= 11 is 3.35. The van der Waals surface area contributed by atoms with Gasteiger partial charge in [0.2, 0.25) is 5.95 Å². The molecule has 0 aromatic carbocycles. The first-order valence-electron chi connectivity index (χ1n) is 7.16. The van der Waals surface area contributed by atoms with Crippen molar-refractivity contribution in [3.05, 3.63) is 29.4 Å². The van der Waals surface area contributed by atoms with Crippen molar-refractivity contribution in [2.75, 3.05) is 18.2 Å². The fraction of sp³-hybridized carbons (Fsp3) is 0.500. The minimum Gasteiger partial charge on any atom is -0.361 e. The number of ether oxygens (including phenoxy) is 1. The van der Waals surface area contributed by atoms with E-state index in [-0.39, 0.29) is 0 Å². The van der Waals surface area contributed by atoms with E-state index in [0.717, 1.165) is 22.9 Å².